The van der Waals surface area contributed by atoms with Crippen molar-refractivity contribution in [3.8, 4) is 0 Å². The van der Waals surface area contributed by atoms with Gasteiger partial charge >= 0.3 is 0 Å². The number of nitrogens with zero attached hydrogens (tertiary/aromatic N) is 1. The molecule has 4 nitrogen and oxygen atoms in total. The van der Waals surface area contributed by atoms with E-state index in [-0.39, 0.29) is 18.4 Å². The Labute approximate surface area is 89.3 Å². The molecule has 1 unspecified atom stereocenters. The van der Waals surface area contributed by atoms with Gasteiger partial charge in [-0.25, -0.2) is 4.98 Å². The minimum absolute atomic E-state index is 0.0683. The lowest BCUT2D eigenvalue weighted by molar-refractivity contribution is 0.0937. The standard InChI is InChI=1S/C11H16N2O2/c1-8(7-14)6-12-11(15)10-5-3-4-9(2)13-10/h3-5,8,14H,6-7H2,1-2H3,(H,12,15). The number of carbonyl (C=O) groups is 1. The Morgan fingerprint density at radius 2 is 2.33 bits per heavy atom. The third-order valence-corrected chi connectivity index (χ3v) is 2.04. The second kappa shape index (κ2) is 5.46. The summed E-state index contributed by atoms with van der Waals surface area (Å²) in [5, 5.41) is 11.5. The van der Waals surface area contributed by atoms with Gasteiger partial charge in [0, 0.05) is 18.8 Å². The van der Waals surface area contributed by atoms with Crippen LogP contribution in [0.25, 0.3) is 0 Å². The molecule has 0 bridgehead atoms. The Balaban J connectivity index is 2.54. The molecule has 0 aliphatic carbocycles. The van der Waals surface area contributed by atoms with Gasteiger partial charge in [-0.05, 0) is 25.0 Å². The van der Waals surface area contributed by atoms with Crippen molar-refractivity contribution in [2.75, 3.05) is 13.2 Å². The molecule has 2 N–H and O–H groups in total. The molecule has 1 atom stereocenters. The maximum absolute atomic E-state index is 11.6. The lowest BCUT2D eigenvalue weighted by atomic mass is 10.2. The molecule has 0 saturated heterocycles. The van der Waals surface area contributed by atoms with E-state index in [4.69, 9.17) is 5.11 Å². The fourth-order valence-corrected chi connectivity index (χ4v) is 1.09. The van der Waals surface area contributed by atoms with Crippen LogP contribution in [0.5, 0.6) is 0 Å². The Hall–Kier alpha value is -1.42. The minimum Gasteiger partial charge on any atom is -0.396 e. The van der Waals surface area contributed by atoms with Crippen LogP contribution in [-0.2, 0) is 0 Å². The van der Waals surface area contributed by atoms with Crippen molar-refractivity contribution in [1.82, 2.24) is 10.3 Å². The van der Waals surface area contributed by atoms with Gasteiger partial charge in [-0.1, -0.05) is 13.0 Å². The summed E-state index contributed by atoms with van der Waals surface area (Å²) in [6, 6.07) is 5.31. The van der Waals surface area contributed by atoms with E-state index < -0.39 is 0 Å². The summed E-state index contributed by atoms with van der Waals surface area (Å²) < 4.78 is 0. The molecule has 1 aromatic rings. The second-order valence-electron chi connectivity index (χ2n) is 3.66. The van der Waals surface area contributed by atoms with E-state index in [2.05, 4.69) is 10.3 Å². The molecule has 0 spiro atoms. The van der Waals surface area contributed by atoms with Crippen molar-refractivity contribution in [3.05, 3.63) is 29.6 Å². The first-order valence-corrected chi connectivity index (χ1v) is 4.96. The van der Waals surface area contributed by atoms with Gasteiger partial charge in [0.15, 0.2) is 0 Å². The predicted molar refractivity (Wildman–Crippen MR) is 57.6 cm³/mol. The summed E-state index contributed by atoms with van der Waals surface area (Å²) in [7, 11) is 0. The Bertz CT molecular complexity index is 339. The third kappa shape index (κ3) is 3.67. The van der Waals surface area contributed by atoms with Crippen molar-refractivity contribution < 1.29 is 9.90 Å². The highest BCUT2D eigenvalue weighted by atomic mass is 16.3. The highest BCUT2D eigenvalue weighted by Gasteiger charge is 2.08. The predicted octanol–water partition coefficient (Wildman–Crippen LogP) is 0.748. The van der Waals surface area contributed by atoms with Gasteiger partial charge in [-0.3, -0.25) is 4.79 Å². The van der Waals surface area contributed by atoms with Crippen LogP contribution in [0.1, 0.15) is 23.1 Å². The number of hydrogen-bond donors (Lipinski definition) is 2. The molecule has 0 radical (unpaired) electrons. The van der Waals surface area contributed by atoms with Crippen LogP contribution in [0.15, 0.2) is 18.2 Å². The maximum atomic E-state index is 11.6. The van der Waals surface area contributed by atoms with E-state index >= 15 is 0 Å². The van der Waals surface area contributed by atoms with Crippen molar-refractivity contribution in [2.45, 2.75) is 13.8 Å². The Morgan fingerprint density at radius 3 is 2.93 bits per heavy atom. The molecule has 1 rings (SSSR count). The van der Waals surface area contributed by atoms with Gasteiger partial charge < -0.3 is 10.4 Å². The lowest BCUT2D eigenvalue weighted by Crippen LogP contribution is -2.30. The molecule has 0 saturated carbocycles. The van der Waals surface area contributed by atoms with E-state index in [1.807, 2.05) is 19.9 Å². The van der Waals surface area contributed by atoms with E-state index in [1.54, 1.807) is 12.1 Å². The molecule has 0 aliphatic heterocycles. The zero-order valence-corrected chi connectivity index (χ0v) is 9.03. The van der Waals surface area contributed by atoms with Crippen LogP contribution in [0, 0.1) is 12.8 Å². The van der Waals surface area contributed by atoms with Gasteiger partial charge in [-0.2, -0.15) is 0 Å². The number of aliphatic hydroxyl groups excluding tert-OH is 1. The summed E-state index contributed by atoms with van der Waals surface area (Å²) in [5.74, 6) is -0.127. The number of carbonyl (C=O) groups excluding carboxylic acids is 1. The van der Waals surface area contributed by atoms with E-state index in [1.165, 1.54) is 0 Å². The van der Waals surface area contributed by atoms with E-state index in [0.29, 0.717) is 12.2 Å². The zero-order valence-electron chi connectivity index (χ0n) is 9.03. The Kier molecular flexibility index (Phi) is 4.24. The first-order chi connectivity index (χ1) is 7.13. The molecule has 1 amide bonds. The number of nitrogens with one attached hydrogen (secondary N) is 1. The second-order valence-corrected chi connectivity index (χ2v) is 3.66. The van der Waals surface area contributed by atoms with Gasteiger partial charge in [0.25, 0.3) is 5.91 Å². The molecule has 0 aromatic carbocycles. The number of pyridine rings is 1. The number of amides is 1. The third-order valence-electron chi connectivity index (χ3n) is 2.04. The molecular weight excluding hydrogens is 192 g/mol. The van der Waals surface area contributed by atoms with E-state index in [0.717, 1.165) is 5.69 Å². The molecular formula is C11H16N2O2. The number of aryl methyl sites for hydroxylation is 1. The average molecular weight is 208 g/mol. The molecule has 0 aliphatic rings. The number of aliphatic hydroxyl groups is 1. The smallest absolute Gasteiger partial charge is 0.269 e. The van der Waals surface area contributed by atoms with Crippen molar-refractivity contribution >= 4 is 5.91 Å². The maximum Gasteiger partial charge on any atom is 0.269 e. The minimum atomic E-state index is -0.195. The topological polar surface area (TPSA) is 62.2 Å². The van der Waals surface area contributed by atoms with Crippen molar-refractivity contribution in [2.24, 2.45) is 5.92 Å². The van der Waals surface area contributed by atoms with Gasteiger partial charge in [-0.15, -0.1) is 0 Å². The molecule has 82 valence electrons. The SMILES string of the molecule is Cc1cccc(C(=O)NCC(C)CO)n1. The Morgan fingerprint density at radius 1 is 1.60 bits per heavy atom. The molecule has 4 heteroatoms. The van der Waals surface area contributed by atoms with Crippen molar-refractivity contribution in [1.29, 1.82) is 0 Å². The first-order valence-electron chi connectivity index (χ1n) is 4.96. The normalized spacial score (nSPS) is 12.2. The molecule has 0 fully saturated rings. The summed E-state index contributed by atoms with van der Waals surface area (Å²) >= 11 is 0. The highest BCUT2D eigenvalue weighted by molar-refractivity contribution is 5.92. The number of aromatic nitrogens is 1. The largest absolute Gasteiger partial charge is 0.396 e. The quantitative estimate of drug-likeness (QED) is 0.767. The van der Waals surface area contributed by atoms with Gasteiger partial charge in [0.1, 0.15) is 5.69 Å². The zero-order chi connectivity index (χ0) is 11.3. The van der Waals surface area contributed by atoms with Crippen LogP contribution in [0.2, 0.25) is 0 Å². The number of rotatable bonds is 4. The van der Waals surface area contributed by atoms with Crippen LogP contribution < -0.4 is 5.32 Å². The fraction of sp³-hybridized carbons (Fsp3) is 0.455. The summed E-state index contributed by atoms with van der Waals surface area (Å²) in [6.07, 6.45) is 0. The fourth-order valence-electron chi connectivity index (χ4n) is 1.09. The molecule has 1 heterocycles. The molecule has 15 heavy (non-hydrogen) atoms. The van der Waals surface area contributed by atoms with Crippen LogP contribution in [0.3, 0.4) is 0 Å². The summed E-state index contributed by atoms with van der Waals surface area (Å²) in [4.78, 5) is 15.7. The van der Waals surface area contributed by atoms with Gasteiger partial charge in [0.05, 0.1) is 0 Å². The average Bonchev–Trinajstić information content (AvgIpc) is 2.25. The first kappa shape index (κ1) is 11.7. The summed E-state index contributed by atoms with van der Waals surface area (Å²) in [5.41, 5.74) is 1.23. The highest BCUT2D eigenvalue weighted by Crippen LogP contribution is 1.98. The van der Waals surface area contributed by atoms with Crippen LogP contribution >= 0.6 is 0 Å². The van der Waals surface area contributed by atoms with Gasteiger partial charge in [0.2, 0.25) is 0 Å². The summed E-state index contributed by atoms with van der Waals surface area (Å²) in [6.45, 7) is 4.24. The van der Waals surface area contributed by atoms with Crippen LogP contribution in [-0.4, -0.2) is 29.1 Å². The monoisotopic (exact) mass is 208 g/mol. The van der Waals surface area contributed by atoms with Crippen molar-refractivity contribution in [3.63, 3.8) is 0 Å². The molecule has 1 aromatic heterocycles. The van der Waals surface area contributed by atoms with Crippen LogP contribution in [0.4, 0.5) is 0 Å². The lowest BCUT2D eigenvalue weighted by Gasteiger charge is -2.09. The number of hydrogen-bond acceptors (Lipinski definition) is 3. The van der Waals surface area contributed by atoms with E-state index in [9.17, 15) is 4.79 Å².